The maximum absolute atomic E-state index is 12.9. The van der Waals surface area contributed by atoms with Crippen molar-refractivity contribution in [2.75, 3.05) is 24.2 Å². The van der Waals surface area contributed by atoms with Crippen LogP contribution in [0.2, 0.25) is 0 Å². The molecule has 0 radical (unpaired) electrons. The molecule has 0 saturated heterocycles. The number of halogens is 3. The van der Waals surface area contributed by atoms with Crippen LogP contribution in [0.15, 0.2) is 47.4 Å². The molecule has 0 bridgehead atoms. The third-order valence-corrected chi connectivity index (χ3v) is 5.72. The number of anilines is 1. The van der Waals surface area contributed by atoms with E-state index in [9.17, 15) is 13.2 Å². The number of nitrogens with zero attached hydrogens (tertiary/aromatic N) is 1. The van der Waals surface area contributed by atoms with E-state index in [1.807, 2.05) is 0 Å². The maximum atomic E-state index is 12.9. The second-order valence-corrected chi connectivity index (χ2v) is 8.39. The predicted octanol–water partition coefficient (Wildman–Crippen LogP) is 7.52. The van der Waals surface area contributed by atoms with Gasteiger partial charge >= 0.3 is 6.18 Å². The Morgan fingerprint density at radius 2 is 1.53 bits per heavy atom. The van der Waals surface area contributed by atoms with Crippen molar-refractivity contribution in [1.29, 1.82) is 0 Å². The topological polar surface area (TPSA) is 40.5 Å². The van der Waals surface area contributed by atoms with E-state index in [-0.39, 0.29) is 0 Å². The molecule has 0 aliphatic rings. The molecule has 178 valence electrons. The number of unbranched alkanes of at least 4 members (excludes halogenated alkanes) is 2. The average molecular weight is 470 g/mol. The molecule has 0 aliphatic carbocycles. The Bertz CT molecular complexity index is 811. The van der Waals surface area contributed by atoms with Crippen LogP contribution in [0.3, 0.4) is 0 Å². The number of rotatable bonds is 10. The van der Waals surface area contributed by atoms with Gasteiger partial charge in [0.15, 0.2) is 0 Å². The van der Waals surface area contributed by atoms with Crippen LogP contribution in [0.1, 0.15) is 63.1 Å². The summed E-state index contributed by atoms with van der Waals surface area (Å²) in [6, 6.07) is 11.9. The van der Waals surface area contributed by atoms with E-state index in [0.29, 0.717) is 6.42 Å². The summed E-state index contributed by atoms with van der Waals surface area (Å²) in [4.78, 5) is 12.6. The van der Waals surface area contributed by atoms with Crippen molar-refractivity contribution in [3.8, 4) is 0 Å². The fraction of sp³-hybridized carbons (Fsp3) is 0.480. The lowest BCUT2D eigenvalue weighted by Crippen LogP contribution is -2.27. The zero-order valence-corrected chi connectivity index (χ0v) is 20.2. The summed E-state index contributed by atoms with van der Waals surface area (Å²) < 4.78 is 38.6. The number of benzene rings is 2. The second kappa shape index (κ2) is 14.1. The Morgan fingerprint density at radius 1 is 1.00 bits per heavy atom. The first-order chi connectivity index (χ1) is 15.1. The fourth-order valence-electron chi connectivity index (χ4n) is 3.29. The van der Waals surface area contributed by atoms with Gasteiger partial charge in [-0.2, -0.15) is 13.2 Å². The van der Waals surface area contributed by atoms with Crippen LogP contribution in [-0.2, 0) is 17.4 Å². The molecule has 0 atom stereocenters. The van der Waals surface area contributed by atoms with E-state index in [1.165, 1.54) is 28.3 Å². The van der Waals surface area contributed by atoms with Crippen molar-refractivity contribution < 1.29 is 23.1 Å². The minimum absolute atomic E-state index is 0.595. The molecule has 0 saturated carbocycles. The van der Waals surface area contributed by atoms with Crippen LogP contribution in [0.25, 0.3) is 0 Å². The van der Waals surface area contributed by atoms with E-state index >= 15 is 0 Å². The van der Waals surface area contributed by atoms with E-state index < -0.39 is 17.7 Å². The summed E-state index contributed by atoms with van der Waals surface area (Å²) in [6.07, 6.45) is 2.94. The number of alkyl halides is 3. The number of carboxylic acid groups (broad SMARTS) is 1. The number of thioether (sulfide) groups is 1. The molecule has 2 rings (SSSR count). The van der Waals surface area contributed by atoms with Gasteiger partial charge in [0.05, 0.1) is 5.56 Å². The number of hydrogen-bond donors (Lipinski definition) is 1. The quantitative estimate of drug-likeness (QED) is 0.365. The highest BCUT2D eigenvalue weighted by molar-refractivity contribution is 7.98. The Hall–Kier alpha value is -2.15. The van der Waals surface area contributed by atoms with Crippen molar-refractivity contribution in [3.05, 3.63) is 59.2 Å². The van der Waals surface area contributed by atoms with Gasteiger partial charge < -0.3 is 10.0 Å². The highest BCUT2D eigenvalue weighted by atomic mass is 32.2. The first-order valence-electron chi connectivity index (χ1n) is 10.9. The van der Waals surface area contributed by atoms with Gasteiger partial charge in [-0.05, 0) is 54.5 Å². The SMILES string of the molecule is CC(=O)O.CCCCN(CCCC)c1cccc(SC)c1Cc1ccc(C(F)(F)F)cc1. The van der Waals surface area contributed by atoms with E-state index in [0.717, 1.165) is 51.3 Å². The van der Waals surface area contributed by atoms with E-state index in [4.69, 9.17) is 9.90 Å². The number of hydrogen-bond acceptors (Lipinski definition) is 3. The fourth-order valence-corrected chi connectivity index (χ4v) is 3.92. The molecular weight excluding hydrogens is 435 g/mol. The van der Waals surface area contributed by atoms with E-state index in [1.54, 1.807) is 23.9 Å². The molecule has 3 nitrogen and oxygen atoms in total. The van der Waals surface area contributed by atoms with Crippen LogP contribution < -0.4 is 4.90 Å². The third kappa shape index (κ3) is 9.55. The Morgan fingerprint density at radius 3 is 1.97 bits per heavy atom. The lowest BCUT2D eigenvalue weighted by molar-refractivity contribution is -0.137. The van der Waals surface area contributed by atoms with Gasteiger partial charge in [0, 0.05) is 37.0 Å². The zero-order valence-electron chi connectivity index (χ0n) is 19.3. The largest absolute Gasteiger partial charge is 0.481 e. The van der Waals surface area contributed by atoms with E-state index in [2.05, 4.69) is 43.2 Å². The standard InChI is InChI=1S/C23H30F3NS.C2H4O2/c1-4-6-15-27(16-7-5-2)21-9-8-10-22(28-3)20(21)17-18-11-13-19(14-12-18)23(24,25)26;1-2(3)4/h8-14H,4-7,15-17H2,1-3H3;1H3,(H,3,4). The van der Waals surface area contributed by atoms with Gasteiger partial charge in [0.1, 0.15) is 0 Å². The smallest absolute Gasteiger partial charge is 0.416 e. The van der Waals surface area contributed by atoms with Crippen molar-refractivity contribution in [1.82, 2.24) is 0 Å². The number of carboxylic acids is 1. The van der Waals surface area contributed by atoms with Crippen LogP contribution in [-0.4, -0.2) is 30.4 Å². The summed E-state index contributed by atoms with van der Waals surface area (Å²) >= 11 is 1.69. The monoisotopic (exact) mass is 469 g/mol. The Balaban J connectivity index is 0.00000118. The summed E-state index contributed by atoms with van der Waals surface area (Å²) in [6.45, 7) is 7.49. The Kier molecular flexibility index (Phi) is 12.3. The molecule has 2 aromatic carbocycles. The highest BCUT2D eigenvalue weighted by Gasteiger charge is 2.30. The molecular formula is C25H34F3NO2S. The van der Waals surface area contributed by atoms with Gasteiger partial charge in [0.2, 0.25) is 0 Å². The van der Waals surface area contributed by atoms with Gasteiger partial charge in [-0.1, -0.05) is 44.9 Å². The molecule has 0 aromatic heterocycles. The van der Waals surface area contributed by atoms with Crippen molar-refractivity contribution >= 4 is 23.4 Å². The molecule has 0 unspecified atom stereocenters. The first-order valence-corrected chi connectivity index (χ1v) is 12.1. The average Bonchev–Trinajstić information content (AvgIpc) is 2.73. The normalized spacial score (nSPS) is 11.0. The van der Waals surface area contributed by atoms with Crippen LogP contribution in [0, 0.1) is 0 Å². The molecule has 2 aromatic rings. The lowest BCUT2D eigenvalue weighted by atomic mass is 10.0. The van der Waals surface area contributed by atoms with Crippen molar-refractivity contribution in [3.63, 3.8) is 0 Å². The van der Waals surface area contributed by atoms with Crippen LogP contribution >= 0.6 is 11.8 Å². The first kappa shape index (κ1) is 27.9. The summed E-state index contributed by atoms with van der Waals surface area (Å²) in [5.74, 6) is -0.833. The van der Waals surface area contributed by atoms with Crippen molar-refractivity contribution in [2.24, 2.45) is 0 Å². The molecule has 1 N–H and O–H groups in total. The van der Waals surface area contributed by atoms with Gasteiger partial charge in [-0.15, -0.1) is 11.8 Å². The molecule has 32 heavy (non-hydrogen) atoms. The minimum atomic E-state index is -4.29. The number of carbonyl (C=O) groups is 1. The minimum Gasteiger partial charge on any atom is -0.481 e. The maximum Gasteiger partial charge on any atom is 0.416 e. The number of aliphatic carboxylic acids is 1. The molecule has 0 fully saturated rings. The zero-order chi connectivity index (χ0) is 24.1. The summed E-state index contributed by atoms with van der Waals surface area (Å²) in [7, 11) is 0. The summed E-state index contributed by atoms with van der Waals surface area (Å²) in [5.41, 5.74) is 2.74. The molecule has 7 heteroatoms. The van der Waals surface area contributed by atoms with Gasteiger partial charge in [-0.25, -0.2) is 0 Å². The third-order valence-electron chi connectivity index (χ3n) is 4.89. The molecule has 0 aliphatic heterocycles. The molecule has 0 heterocycles. The van der Waals surface area contributed by atoms with Crippen molar-refractivity contribution in [2.45, 2.75) is 63.9 Å². The molecule has 0 spiro atoms. The molecule has 0 amide bonds. The van der Waals surface area contributed by atoms with Crippen LogP contribution in [0.4, 0.5) is 18.9 Å². The highest BCUT2D eigenvalue weighted by Crippen LogP contribution is 2.34. The predicted molar refractivity (Wildman–Crippen MR) is 128 cm³/mol. The van der Waals surface area contributed by atoms with Gasteiger partial charge in [-0.3, -0.25) is 4.79 Å². The van der Waals surface area contributed by atoms with Gasteiger partial charge in [0.25, 0.3) is 5.97 Å². The summed E-state index contributed by atoms with van der Waals surface area (Å²) in [5, 5.41) is 7.42. The lowest BCUT2D eigenvalue weighted by Gasteiger charge is -2.28. The second-order valence-electron chi connectivity index (χ2n) is 7.54. The van der Waals surface area contributed by atoms with Crippen LogP contribution in [0.5, 0.6) is 0 Å². The Labute approximate surface area is 194 Å².